The van der Waals surface area contributed by atoms with E-state index in [0.717, 1.165) is 19.4 Å². The second kappa shape index (κ2) is 5.13. The van der Waals surface area contributed by atoms with Crippen LogP contribution in [-0.2, 0) is 0 Å². The van der Waals surface area contributed by atoms with Crippen LogP contribution in [0.3, 0.4) is 0 Å². The van der Waals surface area contributed by atoms with E-state index >= 15 is 0 Å². The Morgan fingerprint density at radius 2 is 2.12 bits per heavy atom. The Kier molecular flexibility index (Phi) is 4.31. The molecule has 1 atom stereocenters. The van der Waals surface area contributed by atoms with Gasteiger partial charge in [-0.15, -0.1) is 0 Å². The second-order valence-electron chi connectivity index (χ2n) is 5.67. The van der Waals surface area contributed by atoms with Crippen LogP contribution in [0.2, 0.25) is 0 Å². The molecule has 16 heavy (non-hydrogen) atoms. The molecule has 0 aromatic carbocycles. The van der Waals surface area contributed by atoms with Crippen molar-refractivity contribution in [3.8, 4) is 6.07 Å². The zero-order chi connectivity index (χ0) is 12.2. The van der Waals surface area contributed by atoms with Crippen LogP contribution in [0.4, 0.5) is 0 Å². The smallest absolute Gasteiger partial charge is 0.0869 e. The van der Waals surface area contributed by atoms with Gasteiger partial charge in [0.25, 0.3) is 0 Å². The highest BCUT2D eigenvalue weighted by atomic mass is 16.3. The van der Waals surface area contributed by atoms with Crippen LogP contribution >= 0.6 is 0 Å². The average Bonchev–Trinajstić information content (AvgIpc) is 2.82. The maximum Gasteiger partial charge on any atom is 0.0869 e. The van der Waals surface area contributed by atoms with Crippen molar-refractivity contribution in [2.75, 3.05) is 33.7 Å². The molecular formula is C12H23N3O. The first-order valence-corrected chi connectivity index (χ1v) is 5.84. The minimum atomic E-state index is -0.702. The normalized spacial score (nSPS) is 21.5. The molecule has 1 rings (SSSR count). The molecule has 0 saturated heterocycles. The summed E-state index contributed by atoms with van der Waals surface area (Å²) >= 11 is 0. The fraction of sp³-hybridized carbons (Fsp3) is 0.917. The van der Waals surface area contributed by atoms with Crippen molar-refractivity contribution in [3.63, 3.8) is 0 Å². The number of rotatable bonds is 7. The van der Waals surface area contributed by atoms with E-state index in [0.29, 0.717) is 19.5 Å². The lowest BCUT2D eigenvalue weighted by Crippen LogP contribution is -2.46. The number of nitrogens with one attached hydrogen (secondary N) is 1. The molecule has 0 bridgehead atoms. The van der Waals surface area contributed by atoms with Gasteiger partial charge in [-0.25, -0.2) is 0 Å². The zero-order valence-electron chi connectivity index (χ0n) is 10.6. The molecule has 0 aliphatic heterocycles. The number of aliphatic hydroxyl groups is 1. The Labute approximate surface area is 98.2 Å². The van der Waals surface area contributed by atoms with E-state index in [-0.39, 0.29) is 5.41 Å². The summed E-state index contributed by atoms with van der Waals surface area (Å²) in [5.41, 5.74) is -0.491. The van der Waals surface area contributed by atoms with Crippen LogP contribution < -0.4 is 5.32 Å². The van der Waals surface area contributed by atoms with Gasteiger partial charge in [0.05, 0.1) is 11.7 Å². The highest BCUT2D eigenvalue weighted by Crippen LogP contribution is 2.47. The van der Waals surface area contributed by atoms with E-state index in [1.165, 1.54) is 0 Å². The average molecular weight is 225 g/mol. The van der Waals surface area contributed by atoms with Crippen LogP contribution in [0, 0.1) is 16.7 Å². The quantitative estimate of drug-likeness (QED) is 0.665. The summed E-state index contributed by atoms with van der Waals surface area (Å²) in [7, 11) is 3.90. The van der Waals surface area contributed by atoms with Gasteiger partial charge < -0.3 is 15.3 Å². The highest BCUT2D eigenvalue weighted by Gasteiger charge is 2.42. The second-order valence-corrected chi connectivity index (χ2v) is 5.67. The molecule has 0 aromatic rings. The van der Waals surface area contributed by atoms with E-state index < -0.39 is 5.60 Å². The van der Waals surface area contributed by atoms with E-state index in [1.807, 2.05) is 25.9 Å². The molecule has 4 heteroatoms. The predicted octanol–water partition coefficient (Wildman–Crippen LogP) is 0.582. The summed E-state index contributed by atoms with van der Waals surface area (Å²) < 4.78 is 0. The van der Waals surface area contributed by atoms with Crippen molar-refractivity contribution in [2.24, 2.45) is 5.41 Å². The van der Waals surface area contributed by atoms with Gasteiger partial charge >= 0.3 is 0 Å². The van der Waals surface area contributed by atoms with Gasteiger partial charge in [0.1, 0.15) is 0 Å². The molecule has 1 unspecified atom stereocenters. The summed E-state index contributed by atoms with van der Waals surface area (Å²) in [5, 5.41) is 22.0. The Morgan fingerprint density at radius 1 is 1.50 bits per heavy atom. The van der Waals surface area contributed by atoms with Gasteiger partial charge in [0, 0.05) is 26.1 Å². The van der Waals surface area contributed by atoms with Crippen molar-refractivity contribution < 1.29 is 5.11 Å². The van der Waals surface area contributed by atoms with E-state index in [4.69, 9.17) is 5.26 Å². The van der Waals surface area contributed by atoms with Crippen molar-refractivity contribution in [1.82, 2.24) is 10.2 Å². The van der Waals surface area contributed by atoms with Gasteiger partial charge in [-0.3, -0.25) is 0 Å². The fourth-order valence-corrected chi connectivity index (χ4v) is 2.09. The predicted molar refractivity (Wildman–Crippen MR) is 63.9 cm³/mol. The van der Waals surface area contributed by atoms with Crippen molar-refractivity contribution >= 4 is 0 Å². The molecule has 0 amide bonds. The third-order valence-electron chi connectivity index (χ3n) is 3.07. The lowest BCUT2D eigenvalue weighted by atomic mass is 10.0. The molecule has 92 valence electrons. The third-order valence-corrected chi connectivity index (χ3v) is 3.07. The van der Waals surface area contributed by atoms with Crippen LogP contribution in [0.25, 0.3) is 0 Å². The Balaban J connectivity index is 2.22. The number of likely N-dealkylation sites (N-methyl/N-ethyl adjacent to an activating group) is 1. The minimum absolute atomic E-state index is 0.211. The van der Waals surface area contributed by atoms with Crippen molar-refractivity contribution in [1.29, 1.82) is 5.26 Å². The van der Waals surface area contributed by atoms with Crippen LogP contribution in [0.1, 0.15) is 26.2 Å². The number of hydrogen-bond acceptors (Lipinski definition) is 4. The van der Waals surface area contributed by atoms with E-state index in [9.17, 15) is 5.11 Å². The fourth-order valence-electron chi connectivity index (χ4n) is 2.09. The summed E-state index contributed by atoms with van der Waals surface area (Å²) in [6.07, 6.45) is 2.92. The van der Waals surface area contributed by atoms with Crippen LogP contribution in [-0.4, -0.2) is 49.3 Å². The molecule has 4 nitrogen and oxygen atoms in total. The molecule has 1 fully saturated rings. The largest absolute Gasteiger partial charge is 0.388 e. The lowest BCUT2D eigenvalue weighted by molar-refractivity contribution is 0.0329. The van der Waals surface area contributed by atoms with Gasteiger partial charge in [0.15, 0.2) is 0 Å². The Bertz CT molecular complexity index is 264. The molecule has 0 radical (unpaired) electrons. The molecule has 0 spiro atoms. The van der Waals surface area contributed by atoms with Crippen LogP contribution in [0.5, 0.6) is 0 Å². The lowest BCUT2D eigenvalue weighted by Gasteiger charge is -2.28. The topological polar surface area (TPSA) is 59.3 Å². The highest BCUT2D eigenvalue weighted by molar-refractivity contribution is 5.01. The van der Waals surface area contributed by atoms with Crippen molar-refractivity contribution in [3.05, 3.63) is 0 Å². The molecular weight excluding hydrogens is 202 g/mol. The third kappa shape index (κ3) is 4.48. The maximum atomic E-state index is 10.1. The van der Waals surface area contributed by atoms with Crippen molar-refractivity contribution in [2.45, 2.75) is 31.8 Å². The zero-order valence-corrected chi connectivity index (χ0v) is 10.6. The summed E-state index contributed by atoms with van der Waals surface area (Å²) in [5.74, 6) is 0. The Morgan fingerprint density at radius 3 is 2.56 bits per heavy atom. The molecule has 1 saturated carbocycles. The molecule has 1 aliphatic rings. The summed E-state index contributed by atoms with van der Waals surface area (Å²) in [6.45, 7) is 3.91. The van der Waals surface area contributed by atoms with Gasteiger partial charge in [-0.1, -0.05) is 0 Å². The first-order valence-electron chi connectivity index (χ1n) is 5.84. The number of nitrogens with zero attached hydrogens (tertiary/aromatic N) is 2. The molecule has 1 aliphatic carbocycles. The number of hydrogen-bond donors (Lipinski definition) is 2. The Hall–Kier alpha value is -0.630. The minimum Gasteiger partial charge on any atom is -0.388 e. The summed E-state index contributed by atoms with van der Waals surface area (Å²) in [6, 6.07) is 2.24. The van der Waals surface area contributed by atoms with E-state index in [2.05, 4.69) is 11.4 Å². The van der Waals surface area contributed by atoms with Gasteiger partial charge in [0.2, 0.25) is 0 Å². The first-order chi connectivity index (χ1) is 7.39. The standard InChI is InChI=1S/C12H23N3O/c1-11(16,10-15(2)3)8-14-9-12(4-5-12)6-7-13/h14,16H,4-6,8-10H2,1-3H3. The first kappa shape index (κ1) is 13.4. The molecule has 2 N–H and O–H groups in total. The van der Waals surface area contributed by atoms with Gasteiger partial charge in [-0.2, -0.15) is 5.26 Å². The maximum absolute atomic E-state index is 10.1. The van der Waals surface area contributed by atoms with Gasteiger partial charge in [-0.05, 0) is 39.3 Å². The summed E-state index contributed by atoms with van der Waals surface area (Å²) in [4.78, 5) is 1.98. The number of nitriles is 1. The van der Waals surface area contributed by atoms with E-state index in [1.54, 1.807) is 0 Å². The monoisotopic (exact) mass is 225 g/mol. The SMILES string of the molecule is CN(C)CC(C)(O)CNCC1(CC#N)CC1. The van der Waals surface area contributed by atoms with Crippen LogP contribution in [0.15, 0.2) is 0 Å². The molecule has 0 heterocycles. The molecule has 0 aromatic heterocycles.